The quantitative estimate of drug-likeness (QED) is 0.634. The number of nitrogens with zero attached hydrogens (tertiary/aromatic N) is 2. The normalized spacial score (nSPS) is 10.8. The number of benzene rings is 2. The molecule has 3 heteroatoms. The molecule has 25 heavy (non-hydrogen) atoms. The van der Waals surface area contributed by atoms with Gasteiger partial charge in [0.25, 0.3) is 0 Å². The van der Waals surface area contributed by atoms with Crippen LogP contribution in [0, 0.1) is 0 Å². The summed E-state index contributed by atoms with van der Waals surface area (Å²) in [5.41, 5.74) is 4.95. The van der Waals surface area contributed by atoms with Gasteiger partial charge in [0.1, 0.15) is 7.05 Å². The number of pyridine rings is 1. The van der Waals surface area contributed by atoms with E-state index in [1.807, 2.05) is 0 Å². The van der Waals surface area contributed by atoms with Crippen molar-refractivity contribution in [3.63, 3.8) is 0 Å². The van der Waals surface area contributed by atoms with E-state index in [-0.39, 0.29) is 12.4 Å². The van der Waals surface area contributed by atoms with Crippen molar-refractivity contribution in [3.8, 4) is 0 Å². The summed E-state index contributed by atoms with van der Waals surface area (Å²) in [5.74, 6) is 0. The zero-order valence-corrected chi connectivity index (χ0v) is 15.9. The number of aryl methyl sites for hydroxylation is 1. The molecule has 0 unspecified atom stereocenters. The number of anilines is 1. The smallest absolute Gasteiger partial charge is 0.212 e. The zero-order valence-electron chi connectivity index (χ0n) is 15.1. The highest BCUT2D eigenvalue weighted by atomic mass is 35.5. The first-order valence-corrected chi connectivity index (χ1v) is 8.63. The van der Waals surface area contributed by atoms with Crippen LogP contribution >= 0.6 is 0 Å². The van der Waals surface area contributed by atoms with Crippen molar-refractivity contribution in [2.75, 3.05) is 18.0 Å². The van der Waals surface area contributed by atoms with Crippen molar-refractivity contribution in [2.45, 2.75) is 13.8 Å². The van der Waals surface area contributed by atoms with Crippen LogP contribution < -0.4 is 21.9 Å². The van der Waals surface area contributed by atoms with Gasteiger partial charge in [0.2, 0.25) is 11.2 Å². The van der Waals surface area contributed by atoms with Crippen LogP contribution in [0.2, 0.25) is 0 Å². The zero-order chi connectivity index (χ0) is 16.9. The SMILES string of the molecule is CCN(CC)c1ccc(C=Cc2ccc3ccccc3[n+]2C)cc1.[Cl-]. The van der Waals surface area contributed by atoms with E-state index in [1.165, 1.54) is 27.8 Å². The van der Waals surface area contributed by atoms with Crippen LogP contribution in [0.4, 0.5) is 5.69 Å². The van der Waals surface area contributed by atoms with Gasteiger partial charge in [-0.25, -0.2) is 0 Å². The number of aromatic nitrogens is 1. The van der Waals surface area contributed by atoms with Gasteiger partial charge in [0.15, 0.2) is 0 Å². The third-order valence-electron chi connectivity index (χ3n) is 4.59. The lowest BCUT2D eigenvalue weighted by Crippen LogP contribution is -3.00. The number of fused-ring (bicyclic) bond motifs is 1. The van der Waals surface area contributed by atoms with E-state index in [9.17, 15) is 0 Å². The Bertz CT molecular complexity index is 850. The molecule has 130 valence electrons. The van der Waals surface area contributed by atoms with E-state index in [0.717, 1.165) is 13.1 Å². The lowest BCUT2D eigenvalue weighted by molar-refractivity contribution is -0.646. The Morgan fingerprint density at radius 2 is 1.52 bits per heavy atom. The summed E-state index contributed by atoms with van der Waals surface area (Å²) in [6.07, 6.45) is 4.36. The van der Waals surface area contributed by atoms with E-state index in [2.05, 4.69) is 103 Å². The topological polar surface area (TPSA) is 7.12 Å². The van der Waals surface area contributed by atoms with Crippen LogP contribution in [0.1, 0.15) is 25.1 Å². The fourth-order valence-electron chi connectivity index (χ4n) is 3.09. The first-order valence-electron chi connectivity index (χ1n) is 8.63. The van der Waals surface area contributed by atoms with Crippen molar-refractivity contribution >= 4 is 28.7 Å². The molecule has 0 amide bonds. The second kappa shape index (κ2) is 8.68. The molecule has 3 rings (SSSR count). The average Bonchev–Trinajstić information content (AvgIpc) is 2.63. The summed E-state index contributed by atoms with van der Waals surface area (Å²) >= 11 is 0. The molecule has 3 aromatic rings. The average molecular weight is 353 g/mol. The number of rotatable bonds is 5. The van der Waals surface area contributed by atoms with Crippen molar-refractivity contribution in [2.24, 2.45) is 7.05 Å². The molecule has 0 saturated heterocycles. The fourth-order valence-corrected chi connectivity index (χ4v) is 3.09. The molecule has 0 aliphatic heterocycles. The first-order chi connectivity index (χ1) is 11.7. The van der Waals surface area contributed by atoms with Crippen molar-refractivity contribution < 1.29 is 17.0 Å². The molecule has 0 spiro atoms. The summed E-state index contributed by atoms with van der Waals surface area (Å²) in [6.45, 7) is 6.46. The predicted molar refractivity (Wildman–Crippen MR) is 104 cm³/mol. The van der Waals surface area contributed by atoms with E-state index in [1.54, 1.807) is 0 Å². The third-order valence-corrected chi connectivity index (χ3v) is 4.59. The Morgan fingerprint density at radius 3 is 2.20 bits per heavy atom. The number of para-hydroxylation sites is 1. The van der Waals surface area contributed by atoms with Gasteiger partial charge in [-0.3, -0.25) is 0 Å². The molecular weight excluding hydrogens is 328 g/mol. The van der Waals surface area contributed by atoms with Crippen LogP contribution in [-0.2, 0) is 7.05 Å². The summed E-state index contributed by atoms with van der Waals surface area (Å²) < 4.78 is 2.23. The number of halogens is 1. The van der Waals surface area contributed by atoms with E-state index in [4.69, 9.17) is 0 Å². The maximum atomic E-state index is 2.36. The van der Waals surface area contributed by atoms with E-state index in [0.29, 0.717) is 0 Å². The van der Waals surface area contributed by atoms with Crippen LogP contribution in [0.3, 0.4) is 0 Å². The van der Waals surface area contributed by atoms with Gasteiger partial charge in [0, 0.05) is 42.4 Å². The molecule has 0 radical (unpaired) electrons. The van der Waals surface area contributed by atoms with Gasteiger partial charge in [-0.1, -0.05) is 24.3 Å². The maximum absolute atomic E-state index is 2.36. The summed E-state index contributed by atoms with van der Waals surface area (Å²) in [6, 6.07) is 21.6. The molecule has 0 aliphatic rings. The van der Waals surface area contributed by atoms with Gasteiger partial charge in [-0.05, 0) is 49.8 Å². The number of hydrogen-bond donors (Lipinski definition) is 0. The van der Waals surface area contributed by atoms with Gasteiger partial charge < -0.3 is 17.3 Å². The maximum Gasteiger partial charge on any atom is 0.212 e. The van der Waals surface area contributed by atoms with Crippen molar-refractivity contribution in [3.05, 3.63) is 71.9 Å². The van der Waals surface area contributed by atoms with Crippen molar-refractivity contribution in [1.29, 1.82) is 0 Å². The minimum absolute atomic E-state index is 0. The summed E-state index contributed by atoms with van der Waals surface area (Å²) in [7, 11) is 2.12. The second-order valence-corrected chi connectivity index (χ2v) is 5.97. The largest absolute Gasteiger partial charge is 1.00 e. The van der Waals surface area contributed by atoms with Crippen LogP contribution in [0.15, 0.2) is 60.7 Å². The van der Waals surface area contributed by atoms with Gasteiger partial charge in [-0.2, -0.15) is 4.57 Å². The molecule has 2 aromatic carbocycles. The van der Waals surface area contributed by atoms with Gasteiger partial charge >= 0.3 is 0 Å². The Balaban J connectivity index is 0.00000225. The van der Waals surface area contributed by atoms with Gasteiger partial charge in [-0.15, -0.1) is 0 Å². The Labute approximate surface area is 156 Å². The molecular formula is C22H25ClN2. The molecule has 0 atom stereocenters. The molecule has 1 aromatic heterocycles. The van der Waals surface area contributed by atoms with E-state index >= 15 is 0 Å². The minimum Gasteiger partial charge on any atom is -1.00 e. The molecule has 0 N–H and O–H groups in total. The number of hydrogen-bond acceptors (Lipinski definition) is 1. The minimum atomic E-state index is 0. The molecule has 0 aliphatic carbocycles. The third kappa shape index (κ3) is 4.21. The highest BCUT2D eigenvalue weighted by molar-refractivity contribution is 5.77. The Morgan fingerprint density at radius 1 is 0.840 bits per heavy atom. The van der Waals surface area contributed by atoms with Crippen LogP contribution in [-0.4, -0.2) is 13.1 Å². The van der Waals surface area contributed by atoms with E-state index < -0.39 is 0 Å². The molecule has 1 heterocycles. The standard InChI is InChI=1S/C22H25N2.ClH/c1-4-24(5-2)21-15-11-18(12-16-21)10-14-20-17-13-19-8-6-7-9-22(19)23(20)3;/h6-17H,4-5H2,1-3H3;1H/q+1;/p-1. The molecule has 0 saturated carbocycles. The van der Waals surface area contributed by atoms with Crippen LogP contribution in [0.25, 0.3) is 23.1 Å². The van der Waals surface area contributed by atoms with Crippen LogP contribution in [0.5, 0.6) is 0 Å². The molecule has 2 nitrogen and oxygen atoms in total. The molecule has 0 bridgehead atoms. The lowest BCUT2D eigenvalue weighted by atomic mass is 10.1. The lowest BCUT2D eigenvalue weighted by Gasteiger charge is -2.20. The summed E-state index contributed by atoms with van der Waals surface area (Å²) in [5, 5.41) is 1.26. The fraction of sp³-hybridized carbons (Fsp3) is 0.227. The monoisotopic (exact) mass is 352 g/mol. The van der Waals surface area contributed by atoms with Crippen molar-refractivity contribution in [1.82, 2.24) is 0 Å². The highest BCUT2D eigenvalue weighted by Gasteiger charge is 2.08. The molecule has 0 fully saturated rings. The second-order valence-electron chi connectivity index (χ2n) is 5.97. The summed E-state index contributed by atoms with van der Waals surface area (Å²) in [4.78, 5) is 2.36. The Hall–Kier alpha value is -2.32. The Kier molecular flexibility index (Phi) is 6.60. The van der Waals surface area contributed by atoms with Gasteiger partial charge in [0.05, 0.1) is 0 Å². The first kappa shape index (κ1) is 19.0. The highest BCUT2D eigenvalue weighted by Crippen LogP contribution is 2.17. The predicted octanol–water partition coefficient (Wildman–Crippen LogP) is 1.68.